The highest BCUT2D eigenvalue weighted by Crippen LogP contribution is 2.32. The van der Waals surface area contributed by atoms with Gasteiger partial charge >= 0.3 is 0 Å². The van der Waals surface area contributed by atoms with Crippen molar-refractivity contribution in [3.8, 4) is 11.1 Å². The highest BCUT2D eigenvalue weighted by Gasteiger charge is 2.27. The van der Waals surface area contributed by atoms with Crippen molar-refractivity contribution < 1.29 is 9.18 Å². The second-order valence-electron chi connectivity index (χ2n) is 8.27. The number of halogens is 1. The molecule has 168 valence electrons. The Balaban J connectivity index is 1.32. The number of anilines is 1. The van der Waals surface area contributed by atoms with Gasteiger partial charge in [-0.15, -0.1) is 0 Å². The molecule has 5 rings (SSSR count). The van der Waals surface area contributed by atoms with Crippen LogP contribution in [0.25, 0.3) is 22.0 Å². The van der Waals surface area contributed by atoms with Crippen molar-refractivity contribution in [3.63, 3.8) is 0 Å². The average molecular weight is 446 g/mol. The van der Waals surface area contributed by atoms with Crippen LogP contribution in [-0.2, 0) is 11.2 Å². The van der Waals surface area contributed by atoms with Gasteiger partial charge in [-0.3, -0.25) is 14.7 Å². The maximum Gasteiger partial charge on any atom is 0.258 e. The van der Waals surface area contributed by atoms with Crippen LogP contribution >= 0.6 is 0 Å². The number of nitrogens with one attached hydrogen (secondary N) is 3. The molecular formula is C24H23FN6O2. The van der Waals surface area contributed by atoms with Gasteiger partial charge in [-0.2, -0.15) is 5.10 Å². The first kappa shape index (κ1) is 20.9. The van der Waals surface area contributed by atoms with E-state index in [-0.39, 0.29) is 29.6 Å². The maximum atomic E-state index is 14.5. The molecular weight excluding hydrogens is 423 g/mol. The first-order valence-corrected chi connectivity index (χ1v) is 10.8. The van der Waals surface area contributed by atoms with Gasteiger partial charge in [0.15, 0.2) is 0 Å². The van der Waals surface area contributed by atoms with Crippen LogP contribution in [-0.4, -0.2) is 44.1 Å². The van der Waals surface area contributed by atoms with Gasteiger partial charge in [0.25, 0.3) is 5.56 Å². The number of fused-ring (bicyclic) bond motifs is 2. The Labute approximate surface area is 188 Å². The molecule has 1 aliphatic heterocycles. The fourth-order valence-electron chi connectivity index (χ4n) is 4.45. The topological polar surface area (TPSA) is 107 Å². The van der Waals surface area contributed by atoms with Crippen molar-refractivity contribution in [1.29, 1.82) is 0 Å². The summed E-state index contributed by atoms with van der Waals surface area (Å²) in [6.07, 6.45) is 4.39. The van der Waals surface area contributed by atoms with Crippen LogP contribution in [0.4, 0.5) is 10.1 Å². The molecule has 0 bridgehead atoms. The molecule has 0 spiro atoms. The Morgan fingerprint density at radius 2 is 2.12 bits per heavy atom. The zero-order valence-corrected chi connectivity index (χ0v) is 18.3. The van der Waals surface area contributed by atoms with E-state index in [1.807, 2.05) is 19.2 Å². The van der Waals surface area contributed by atoms with Gasteiger partial charge in [0.2, 0.25) is 5.91 Å². The molecule has 0 radical (unpaired) electrons. The van der Waals surface area contributed by atoms with Crippen molar-refractivity contribution >= 4 is 22.5 Å². The Morgan fingerprint density at radius 1 is 1.27 bits per heavy atom. The number of aryl methyl sites for hydroxylation is 1. The Hall–Kier alpha value is -4.01. The number of carbonyl (C=O) groups is 1. The molecule has 1 aliphatic rings. The molecule has 0 saturated heterocycles. The molecule has 1 atom stereocenters. The molecule has 0 aliphatic carbocycles. The number of hydrogen-bond acceptors (Lipinski definition) is 5. The highest BCUT2D eigenvalue weighted by atomic mass is 19.1. The van der Waals surface area contributed by atoms with E-state index in [0.29, 0.717) is 17.9 Å². The minimum absolute atomic E-state index is 0.0582. The van der Waals surface area contributed by atoms with Gasteiger partial charge in [0, 0.05) is 18.3 Å². The number of carbonyl (C=O) groups excluding carboxylic acids is 1. The van der Waals surface area contributed by atoms with E-state index in [1.165, 1.54) is 11.6 Å². The van der Waals surface area contributed by atoms with Crippen LogP contribution in [0.1, 0.15) is 29.9 Å². The van der Waals surface area contributed by atoms with E-state index < -0.39 is 11.4 Å². The van der Waals surface area contributed by atoms with Crippen LogP contribution in [0, 0.1) is 12.7 Å². The fourth-order valence-corrected chi connectivity index (χ4v) is 4.45. The number of amides is 1. The van der Waals surface area contributed by atoms with Gasteiger partial charge in [-0.05, 0) is 49.1 Å². The summed E-state index contributed by atoms with van der Waals surface area (Å²) < 4.78 is 14.5. The molecule has 4 aromatic rings. The summed E-state index contributed by atoms with van der Waals surface area (Å²) in [5.74, 6) is -0.283. The lowest BCUT2D eigenvalue weighted by Gasteiger charge is -2.35. The number of H-pyrrole nitrogens is 2. The molecule has 2 aromatic heterocycles. The average Bonchev–Trinajstić information content (AvgIpc) is 3.33. The van der Waals surface area contributed by atoms with E-state index in [0.717, 1.165) is 29.2 Å². The molecule has 2 aromatic carbocycles. The van der Waals surface area contributed by atoms with Crippen LogP contribution in [0.2, 0.25) is 0 Å². The lowest BCUT2D eigenvalue weighted by molar-refractivity contribution is -0.131. The van der Waals surface area contributed by atoms with Crippen LogP contribution in [0.5, 0.6) is 0 Å². The zero-order valence-electron chi connectivity index (χ0n) is 18.3. The smallest absolute Gasteiger partial charge is 0.258 e. The van der Waals surface area contributed by atoms with E-state index in [9.17, 15) is 14.0 Å². The molecule has 0 fully saturated rings. The predicted octanol–water partition coefficient (Wildman–Crippen LogP) is 3.32. The van der Waals surface area contributed by atoms with E-state index in [1.54, 1.807) is 18.0 Å². The molecule has 1 amide bonds. The van der Waals surface area contributed by atoms with E-state index in [4.69, 9.17) is 0 Å². The van der Waals surface area contributed by atoms with Crippen LogP contribution in [0.3, 0.4) is 0 Å². The van der Waals surface area contributed by atoms with Crippen LogP contribution in [0.15, 0.2) is 47.5 Å². The summed E-state index contributed by atoms with van der Waals surface area (Å²) in [4.78, 5) is 33.6. The molecule has 33 heavy (non-hydrogen) atoms. The molecule has 0 saturated carbocycles. The zero-order chi connectivity index (χ0) is 23.1. The third-order valence-corrected chi connectivity index (χ3v) is 6.18. The summed E-state index contributed by atoms with van der Waals surface area (Å²) in [6.45, 7) is 4.19. The Kier molecular flexibility index (Phi) is 5.16. The third-order valence-electron chi connectivity index (χ3n) is 6.18. The maximum absolute atomic E-state index is 14.5. The summed E-state index contributed by atoms with van der Waals surface area (Å²) >= 11 is 0. The van der Waals surface area contributed by atoms with Gasteiger partial charge in [-0.1, -0.05) is 18.2 Å². The van der Waals surface area contributed by atoms with Crippen molar-refractivity contribution in [2.75, 3.05) is 18.4 Å². The van der Waals surface area contributed by atoms with Gasteiger partial charge < -0.3 is 15.2 Å². The largest absolute Gasteiger partial charge is 0.374 e. The standard InChI is InChI=1S/C24H23FN6O2/c1-13-18-4-3-15(17-10-27-28-11-17)7-16(18)5-6-31(13)23(32)12-26-22-9-21-19(8-20(22)25)24(33)30-14(2)29-21/h3-4,7-11,13,26H,5-6,12H2,1-2H3,(H,27,28)(H,29,30,33). The lowest BCUT2D eigenvalue weighted by Crippen LogP contribution is -2.41. The summed E-state index contributed by atoms with van der Waals surface area (Å²) in [7, 11) is 0. The van der Waals surface area contributed by atoms with E-state index in [2.05, 4.69) is 37.6 Å². The van der Waals surface area contributed by atoms with Crippen molar-refractivity contribution in [2.45, 2.75) is 26.3 Å². The number of nitrogens with zero attached hydrogens (tertiary/aromatic N) is 3. The quantitative estimate of drug-likeness (QED) is 0.446. The minimum Gasteiger partial charge on any atom is -0.374 e. The lowest BCUT2D eigenvalue weighted by atomic mass is 9.91. The molecule has 1 unspecified atom stereocenters. The van der Waals surface area contributed by atoms with Crippen LogP contribution < -0.4 is 10.9 Å². The first-order chi connectivity index (χ1) is 15.9. The highest BCUT2D eigenvalue weighted by molar-refractivity contribution is 5.85. The van der Waals surface area contributed by atoms with Gasteiger partial charge in [-0.25, -0.2) is 9.37 Å². The normalized spacial score (nSPS) is 15.5. The Morgan fingerprint density at radius 3 is 2.91 bits per heavy atom. The molecule has 9 heteroatoms. The second kappa shape index (κ2) is 8.16. The number of benzene rings is 2. The molecule has 3 N–H and O–H groups in total. The first-order valence-electron chi connectivity index (χ1n) is 10.8. The van der Waals surface area contributed by atoms with Crippen molar-refractivity contribution in [3.05, 3.63) is 75.8 Å². The molecule has 8 nitrogen and oxygen atoms in total. The van der Waals surface area contributed by atoms with Crippen molar-refractivity contribution in [1.82, 2.24) is 25.1 Å². The number of aromatic nitrogens is 4. The minimum atomic E-state index is -0.602. The summed E-state index contributed by atoms with van der Waals surface area (Å²) in [5.41, 5.74) is 4.56. The third kappa shape index (κ3) is 3.86. The number of hydrogen-bond donors (Lipinski definition) is 3. The molecule has 3 heterocycles. The van der Waals surface area contributed by atoms with Gasteiger partial charge in [0.05, 0.1) is 35.4 Å². The summed E-state index contributed by atoms with van der Waals surface area (Å²) in [5, 5.41) is 9.89. The summed E-state index contributed by atoms with van der Waals surface area (Å²) in [6, 6.07) is 8.76. The predicted molar refractivity (Wildman–Crippen MR) is 123 cm³/mol. The Bertz CT molecular complexity index is 1410. The number of aromatic amines is 2. The van der Waals surface area contributed by atoms with Crippen molar-refractivity contribution in [2.24, 2.45) is 0 Å². The fraction of sp³-hybridized carbons (Fsp3) is 0.250. The monoisotopic (exact) mass is 446 g/mol. The SMILES string of the molecule is Cc1nc2cc(NCC(=O)N3CCc4cc(-c5cn[nH]c5)ccc4C3C)c(F)cc2c(=O)[nH]1. The second-order valence-corrected chi connectivity index (χ2v) is 8.27. The number of rotatable bonds is 4. The van der Waals surface area contributed by atoms with E-state index >= 15 is 0 Å². The van der Waals surface area contributed by atoms with Gasteiger partial charge in [0.1, 0.15) is 11.6 Å².